The highest BCUT2D eigenvalue weighted by atomic mass is 79.9. The van der Waals surface area contributed by atoms with Crippen molar-refractivity contribution in [1.29, 1.82) is 0 Å². The summed E-state index contributed by atoms with van der Waals surface area (Å²) in [6.45, 7) is 5.28. The van der Waals surface area contributed by atoms with E-state index in [-0.39, 0.29) is 5.56 Å². The van der Waals surface area contributed by atoms with E-state index in [1.807, 2.05) is 38.1 Å². The minimum Gasteiger partial charge on any atom is -0.379 e. The van der Waals surface area contributed by atoms with Crippen molar-refractivity contribution >= 4 is 33.2 Å². The summed E-state index contributed by atoms with van der Waals surface area (Å²) < 4.78 is 1.97. The van der Waals surface area contributed by atoms with Crippen LogP contribution in [0.3, 0.4) is 0 Å². The van der Waals surface area contributed by atoms with Gasteiger partial charge in [-0.2, -0.15) is 5.10 Å². The van der Waals surface area contributed by atoms with E-state index in [4.69, 9.17) is 11.6 Å². The molecule has 6 heteroatoms. The van der Waals surface area contributed by atoms with Crippen molar-refractivity contribution in [1.82, 2.24) is 9.78 Å². The lowest BCUT2D eigenvalue weighted by Crippen LogP contribution is -2.26. The Morgan fingerprint density at radius 1 is 1.43 bits per heavy atom. The van der Waals surface area contributed by atoms with Gasteiger partial charge in [0.1, 0.15) is 4.47 Å². The van der Waals surface area contributed by atoms with E-state index in [2.05, 4.69) is 26.3 Å². The molecule has 0 fully saturated rings. The topological polar surface area (TPSA) is 46.9 Å². The summed E-state index contributed by atoms with van der Waals surface area (Å²) >= 11 is 9.30. The van der Waals surface area contributed by atoms with Crippen LogP contribution in [0.4, 0.5) is 5.69 Å². The van der Waals surface area contributed by atoms with Crippen LogP contribution in [0.15, 0.2) is 39.7 Å². The Morgan fingerprint density at radius 3 is 2.86 bits per heavy atom. The van der Waals surface area contributed by atoms with E-state index in [1.165, 1.54) is 4.68 Å². The monoisotopic (exact) mass is 369 g/mol. The van der Waals surface area contributed by atoms with Crippen molar-refractivity contribution in [3.8, 4) is 0 Å². The predicted octanol–water partition coefficient (Wildman–Crippen LogP) is 3.93. The molecule has 0 saturated carbocycles. The van der Waals surface area contributed by atoms with Crippen LogP contribution in [-0.2, 0) is 13.1 Å². The molecule has 0 spiro atoms. The van der Waals surface area contributed by atoms with Gasteiger partial charge in [0, 0.05) is 18.1 Å². The average molecular weight is 371 g/mol. The molecule has 1 aromatic heterocycles. The molecular weight excluding hydrogens is 354 g/mol. The van der Waals surface area contributed by atoms with Gasteiger partial charge in [-0.15, -0.1) is 0 Å². The summed E-state index contributed by atoms with van der Waals surface area (Å²) in [5.74, 6) is 0.368. The summed E-state index contributed by atoms with van der Waals surface area (Å²) in [5, 5.41) is 8.08. The molecule has 0 unspecified atom stereocenters. The van der Waals surface area contributed by atoms with Gasteiger partial charge in [-0.25, -0.2) is 4.68 Å². The van der Waals surface area contributed by atoms with E-state index in [1.54, 1.807) is 6.20 Å². The lowest BCUT2D eigenvalue weighted by atomic mass is 10.2. The minimum atomic E-state index is -0.125. The van der Waals surface area contributed by atoms with Crippen LogP contribution < -0.4 is 10.9 Å². The molecule has 0 bridgehead atoms. The third kappa shape index (κ3) is 4.32. The number of hydrogen-bond donors (Lipinski definition) is 1. The van der Waals surface area contributed by atoms with Gasteiger partial charge in [0.25, 0.3) is 5.56 Å². The first-order valence-corrected chi connectivity index (χ1v) is 7.88. The van der Waals surface area contributed by atoms with Crippen molar-refractivity contribution in [2.75, 3.05) is 5.32 Å². The summed E-state index contributed by atoms with van der Waals surface area (Å²) in [4.78, 5) is 12.2. The van der Waals surface area contributed by atoms with Crippen molar-refractivity contribution in [2.45, 2.75) is 26.9 Å². The summed E-state index contributed by atoms with van der Waals surface area (Å²) in [5.41, 5.74) is 1.60. The van der Waals surface area contributed by atoms with Crippen molar-refractivity contribution in [3.05, 3.63) is 55.9 Å². The Bertz CT molecular complexity index is 685. The van der Waals surface area contributed by atoms with E-state index >= 15 is 0 Å². The molecule has 0 saturated heterocycles. The van der Waals surface area contributed by atoms with Gasteiger partial charge in [-0.1, -0.05) is 37.6 Å². The van der Waals surface area contributed by atoms with Gasteiger partial charge in [0.15, 0.2) is 0 Å². The number of halogens is 2. The maximum Gasteiger partial charge on any atom is 0.283 e. The average Bonchev–Trinajstić information content (AvgIpc) is 2.43. The molecule has 4 nitrogen and oxygen atoms in total. The molecular formula is C15H17BrClN3O. The highest BCUT2D eigenvalue weighted by molar-refractivity contribution is 9.10. The molecule has 112 valence electrons. The van der Waals surface area contributed by atoms with Gasteiger partial charge in [0.05, 0.1) is 11.9 Å². The zero-order valence-corrected chi connectivity index (χ0v) is 14.3. The van der Waals surface area contributed by atoms with E-state index in [9.17, 15) is 4.79 Å². The fourth-order valence-corrected chi connectivity index (χ4v) is 2.57. The third-order valence-electron chi connectivity index (χ3n) is 2.89. The van der Waals surface area contributed by atoms with Crippen LogP contribution in [0, 0.1) is 5.92 Å². The number of nitrogens with one attached hydrogen (secondary N) is 1. The predicted molar refractivity (Wildman–Crippen MR) is 89.8 cm³/mol. The first-order valence-electron chi connectivity index (χ1n) is 6.71. The van der Waals surface area contributed by atoms with Crippen LogP contribution >= 0.6 is 27.5 Å². The summed E-state index contributed by atoms with van der Waals surface area (Å²) in [7, 11) is 0. The number of hydrogen-bond acceptors (Lipinski definition) is 3. The SMILES string of the molecule is CC(C)Cn1ncc(NCc2cccc(Cl)c2)c(Br)c1=O. The number of nitrogens with zero attached hydrogens (tertiary/aromatic N) is 2. The zero-order chi connectivity index (χ0) is 15.4. The zero-order valence-electron chi connectivity index (χ0n) is 11.9. The van der Waals surface area contributed by atoms with E-state index in [0.717, 1.165) is 5.56 Å². The Balaban J connectivity index is 2.14. The van der Waals surface area contributed by atoms with E-state index < -0.39 is 0 Å². The molecule has 0 aliphatic rings. The quantitative estimate of drug-likeness (QED) is 0.867. The molecule has 0 radical (unpaired) electrons. The number of anilines is 1. The summed E-state index contributed by atoms with van der Waals surface area (Å²) in [6.07, 6.45) is 1.67. The van der Waals surface area contributed by atoms with Crippen LogP contribution in [0.25, 0.3) is 0 Å². The molecule has 21 heavy (non-hydrogen) atoms. The second-order valence-corrected chi connectivity index (χ2v) is 6.47. The smallest absolute Gasteiger partial charge is 0.283 e. The Hall–Kier alpha value is -1.33. The third-order valence-corrected chi connectivity index (χ3v) is 3.90. The largest absolute Gasteiger partial charge is 0.379 e. The van der Waals surface area contributed by atoms with Gasteiger partial charge in [-0.05, 0) is 39.5 Å². The second-order valence-electron chi connectivity index (χ2n) is 5.24. The molecule has 0 atom stereocenters. The normalized spacial score (nSPS) is 10.9. The maximum absolute atomic E-state index is 12.2. The standard InChI is InChI=1S/C15H17BrClN3O/c1-10(2)9-20-15(21)14(16)13(8-19-20)18-7-11-4-3-5-12(17)6-11/h3-6,8,10,18H,7,9H2,1-2H3. The Kier molecular flexibility index (Phi) is 5.42. The lowest BCUT2D eigenvalue weighted by molar-refractivity contribution is 0.462. The summed E-state index contributed by atoms with van der Waals surface area (Å²) in [6, 6.07) is 7.58. The van der Waals surface area contributed by atoms with Crippen LogP contribution in [0.2, 0.25) is 5.02 Å². The highest BCUT2D eigenvalue weighted by Crippen LogP contribution is 2.18. The molecule has 0 aliphatic carbocycles. The first-order chi connectivity index (χ1) is 9.97. The van der Waals surface area contributed by atoms with Crippen molar-refractivity contribution in [3.63, 3.8) is 0 Å². The molecule has 1 aromatic carbocycles. The molecule has 2 aromatic rings. The highest BCUT2D eigenvalue weighted by Gasteiger charge is 2.09. The molecule has 0 amide bonds. The van der Waals surface area contributed by atoms with Gasteiger partial charge < -0.3 is 5.32 Å². The Labute approximate surface area is 137 Å². The molecule has 1 heterocycles. The van der Waals surface area contributed by atoms with Crippen LogP contribution in [0.1, 0.15) is 19.4 Å². The van der Waals surface area contributed by atoms with Crippen LogP contribution in [0.5, 0.6) is 0 Å². The molecule has 0 aliphatic heterocycles. The van der Waals surface area contributed by atoms with Crippen molar-refractivity contribution < 1.29 is 0 Å². The van der Waals surface area contributed by atoms with Gasteiger partial charge >= 0.3 is 0 Å². The number of rotatable bonds is 5. The fraction of sp³-hybridized carbons (Fsp3) is 0.333. The second kappa shape index (κ2) is 7.09. The first kappa shape index (κ1) is 16.0. The van der Waals surface area contributed by atoms with Gasteiger partial charge in [-0.3, -0.25) is 4.79 Å². The number of aromatic nitrogens is 2. The maximum atomic E-state index is 12.2. The van der Waals surface area contributed by atoms with Crippen LogP contribution in [-0.4, -0.2) is 9.78 Å². The van der Waals surface area contributed by atoms with Crippen molar-refractivity contribution in [2.24, 2.45) is 5.92 Å². The fourth-order valence-electron chi connectivity index (χ4n) is 1.91. The molecule has 2 rings (SSSR count). The van der Waals surface area contributed by atoms with E-state index in [0.29, 0.717) is 34.2 Å². The van der Waals surface area contributed by atoms with Gasteiger partial charge in [0.2, 0.25) is 0 Å². The molecule has 1 N–H and O–H groups in total. The minimum absolute atomic E-state index is 0.125. The number of benzene rings is 1. The lowest BCUT2D eigenvalue weighted by Gasteiger charge is -2.12. The Morgan fingerprint density at radius 2 is 2.19 bits per heavy atom.